The molecule has 2 N–H and O–H groups in total. The molecule has 2 rings (SSSR count). The lowest BCUT2D eigenvalue weighted by molar-refractivity contribution is -0.142. The normalized spacial score (nSPS) is 11.8. The number of hydrogen-bond donors (Lipinski definition) is 2. The van der Waals surface area contributed by atoms with Gasteiger partial charge in [0.1, 0.15) is 0 Å². The number of amides is 1. The molecule has 0 bridgehead atoms. The number of carboxylic acids is 1. The Bertz CT molecular complexity index is 566. The standard InChI is InChI=1S/C15H15NO3S/c17-13(9-8-12-7-4-10-20-12)16-14(15(18)19)11-5-2-1-3-6-11/h1-7,10,14H,8-9H2,(H,16,17)(H,18,19)/t14-/m1/s1. The molecule has 0 aliphatic rings. The van der Waals surface area contributed by atoms with Gasteiger partial charge in [0.15, 0.2) is 6.04 Å². The van der Waals surface area contributed by atoms with Gasteiger partial charge in [-0.05, 0) is 23.4 Å². The Morgan fingerprint density at radius 2 is 1.90 bits per heavy atom. The molecule has 1 heterocycles. The van der Waals surface area contributed by atoms with Gasteiger partial charge in [-0.15, -0.1) is 11.3 Å². The predicted molar refractivity (Wildman–Crippen MR) is 77.6 cm³/mol. The van der Waals surface area contributed by atoms with Gasteiger partial charge in [0.2, 0.25) is 5.91 Å². The molecule has 1 atom stereocenters. The number of nitrogens with one attached hydrogen (secondary N) is 1. The summed E-state index contributed by atoms with van der Waals surface area (Å²) in [7, 11) is 0. The van der Waals surface area contributed by atoms with Crippen molar-refractivity contribution in [2.24, 2.45) is 0 Å². The van der Waals surface area contributed by atoms with E-state index in [4.69, 9.17) is 0 Å². The van der Waals surface area contributed by atoms with Gasteiger partial charge in [-0.3, -0.25) is 4.79 Å². The fourth-order valence-corrected chi connectivity index (χ4v) is 2.57. The fourth-order valence-electron chi connectivity index (χ4n) is 1.86. The zero-order valence-electron chi connectivity index (χ0n) is 10.8. The van der Waals surface area contributed by atoms with Crippen LogP contribution in [0.2, 0.25) is 0 Å². The average molecular weight is 289 g/mol. The summed E-state index contributed by atoms with van der Waals surface area (Å²) in [5, 5.41) is 13.7. The van der Waals surface area contributed by atoms with Crippen LogP contribution in [0, 0.1) is 0 Å². The highest BCUT2D eigenvalue weighted by molar-refractivity contribution is 7.09. The van der Waals surface area contributed by atoms with Crippen LogP contribution in [-0.2, 0) is 16.0 Å². The van der Waals surface area contributed by atoms with Gasteiger partial charge < -0.3 is 10.4 Å². The summed E-state index contributed by atoms with van der Waals surface area (Å²) in [6.07, 6.45) is 0.918. The summed E-state index contributed by atoms with van der Waals surface area (Å²) in [5.74, 6) is -1.31. The number of aryl methyl sites for hydroxylation is 1. The molecule has 0 radical (unpaired) electrons. The minimum Gasteiger partial charge on any atom is -0.479 e. The van der Waals surface area contributed by atoms with Crippen molar-refractivity contribution in [3.63, 3.8) is 0 Å². The first-order valence-corrected chi connectivity index (χ1v) is 7.14. The zero-order chi connectivity index (χ0) is 14.4. The maximum atomic E-state index is 11.9. The lowest BCUT2D eigenvalue weighted by Crippen LogP contribution is -2.33. The Labute approximate surface area is 121 Å². The topological polar surface area (TPSA) is 66.4 Å². The molecular formula is C15H15NO3S. The van der Waals surface area contributed by atoms with Gasteiger partial charge in [0.05, 0.1) is 0 Å². The molecule has 20 heavy (non-hydrogen) atoms. The van der Waals surface area contributed by atoms with Gasteiger partial charge in [0.25, 0.3) is 0 Å². The second-order valence-corrected chi connectivity index (χ2v) is 5.36. The van der Waals surface area contributed by atoms with E-state index in [1.165, 1.54) is 0 Å². The second-order valence-electron chi connectivity index (χ2n) is 4.33. The summed E-state index contributed by atoms with van der Waals surface area (Å²) in [4.78, 5) is 24.2. The Hall–Kier alpha value is -2.14. The maximum Gasteiger partial charge on any atom is 0.330 e. The number of carboxylic acid groups (broad SMARTS) is 1. The van der Waals surface area contributed by atoms with Crippen molar-refractivity contribution in [3.05, 3.63) is 58.3 Å². The molecule has 0 aliphatic heterocycles. The minimum atomic E-state index is -1.05. The monoisotopic (exact) mass is 289 g/mol. The first kappa shape index (κ1) is 14.3. The zero-order valence-corrected chi connectivity index (χ0v) is 11.6. The number of hydrogen-bond acceptors (Lipinski definition) is 3. The molecule has 1 amide bonds. The molecule has 2 aromatic rings. The summed E-state index contributed by atoms with van der Waals surface area (Å²) < 4.78 is 0. The smallest absolute Gasteiger partial charge is 0.330 e. The second kappa shape index (κ2) is 6.86. The summed E-state index contributed by atoms with van der Waals surface area (Å²) >= 11 is 1.59. The van der Waals surface area contributed by atoms with Crippen LogP contribution in [0.1, 0.15) is 22.9 Å². The Morgan fingerprint density at radius 3 is 2.50 bits per heavy atom. The highest BCUT2D eigenvalue weighted by atomic mass is 32.1. The molecule has 1 aromatic carbocycles. The van der Waals surface area contributed by atoms with Crippen molar-refractivity contribution in [2.75, 3.05) is 0 Å². The van der Waals surface area contributed by atoms with Crippen LogP contribution in [-0.4, -0.2) is 17.0 Å². The van der Waals surface area contributed by atoms with Crippen LogP contribution in [0.25, 0.3) is 0 Å². The van der Waals surface area contributed by atoms with Crippen molar-refractivity contribution in [1.29, 1.82) is 0 Å². The SMILES string of the molecule is O=C(CCc1cccs1)N[C@@H](C(=O)O)c1ccccc1. The van der Waals surface area contributed by atoms with Crippen LogP contribution in [0.3, 0.4) is 0 Å². The van der Waals surface area contributed by atoms with Crippen molar-refractivity contribution >= 4 is 23.2 Å². The van der Waals surface area contributed by atoms with E-state index in [1.807, 2.05) is 17.5 Å². The molecular weight excluding hydrogens is 274 g/mol. The van der Waals surface area contributed by atoms with E-state index in [2.05, 4.69) is 5.32 Å². The third kappa shape index (κ3) is 3.93. The number of carbonyl (C=O) groups excluding carboxylic acids is 1. The van der Waals surface area contributed by atoms with E-state index in [0.717, 1.165) is 4.88 Å². The number of aliphatic carboxylic acids is 1. The van der Waals surface area contributed by atoms with Crippen LogP contribution in [0.4, 0.5) is 0 Å². The molecule has 0 saturated heterocycles. The van der Waals surface area contributed by atoms with E-state index in [9.17, 15) is 14.7 Å². The first-order valence-electron chi connectivity index (χ1n) is 6.26. The molecule has 4 nitrogen and oxygen atoms in total. The predicted octanol–water partition coefficient (Wildman–Crippen LogP) is 2.62. The van der Waals surface area contributed by atoms with E-state index in [1.54, 1.807) is 41.7 Å². The molecule has 0 spiro atoms. The molecule has 1 aromatic heterocycles. The Morgan fingerprint density at radius 1 is 1.15 bits per heavy atom. The number of rotatable bonds is 6. The van der Waals surface area contributed by atoms with E-state index in [0.29, 0.717) is 12.0 Å². The highest BCUT2D eigenvalue weighted by Gasteiger charge is 2.21. The Kier molecular flexibility index (Phi) is 4.90. The fraction of sp³-hybridized carbons (Fsp3) is 0.200. The Balaban J connectivity index is 1.95. The molecule has 0 aliphatic carbocycles. The first-order chi connectivity index (χ1) is 9.66. The maximum absolute atomic E-state index is 11.9. The number of benzene rings is 1. The lowest BCUT2D eigenvalue weighted by atomic mass is 10.1. The summed E-state index contributed by atoms with van der Waals surface area (Å²) in [6.45, 7) is 0. The quantitative estimate of drug-likeness (QED) is 0.859. The van der Waals surface area contributed by atoms with Crippen molar-refractivity contribution in [3.8, 4) is 0 Å². The average Bonchev–Trinajstić information content (AvgIpc) is 2.96. The van der Waals surface area contributed by atoms with Crippen LogP contribution in [0.5, 0.6) is 0 Å². The number of thiophene rings is 1. The van der Waals surface area contributed by atoms with Gasteiger partial charge in [-0.1, -0.05) is 36.4 Å². The molecule has 0 fully saturated rings. The van der Waals surface area contributed by atoms with Crippen LogP contribution < -0.4 is 5.32 Å². The van der Waals surface area contributed by atoms with Crippen molar-refractivity contribution < 1.29 is 14.7 Å². The van der Waals surface area contributed by atoms with Crippen molar-refractivity contribution in [1.82, 2.24) is 5.32 Å². The summed E-state index contributed by atoms with van der Waals surface area (Å²) in [6, 6.07) is 11.6. The van der Waals surface area contributed by atoms with Gasteiger partial charge in [0, 0.05) is 11.3 Å². The third-order valence-corrected chi connectivity index (χ3v) is 3.80. The van der Waals surface area contributed by atoms with E-state index in [-0.39, 0.29) is 12.3 Å². The minimum absolute atomic E-state index is 0.255. The van der Waals surface area contributed by atoms with Gasteiger partial charge in [-0.2, -0.15) is 0 Å². The third-order valence-electron chi connectivity index (χ3n) is 2.86. The van der Waals surface area contributed by atoms with Crippen LogP contribution >= 0.6 is 11.3 Å². The number of carbonyl (C=O) groups is 2. The molecule has 0 unspecified atom stereocenters. The lowest BCUT2D eigenvalue weighted by Gasteiger charge is -2.14. The summed E-state index contributed by atoms with van der Waals surface area (Å²) in [5.41, 5.74) is 0.574. The largest absolute Gasteiger partial charge is 0.479 e. The van der Waals surface area contributed by atoms with Gasteiger partial charge >= 0.3 is 5.97 Å². The van der Waals surface area contributed by atoms with Crippen molar-refractivity contribution in [2.45, 2.75) is 18.9 Å². The van der Waals surface area contributed by atoms with Crippen LogP contribution in [0.15, 0.2) is 47.8 Å². The molecule has 0 saturated carbocycles. The highest BCUT2D eigenvalue weighted by Crippen LogP contribution is 2.14. The molecule has 104 valence electrons. The molecule has 5 heteroatoms. The van der Waals surface area contributed by atoms with E-state index >= 15 is 0 Å². The van der Waals surface area contributed by atoms with E-state index < -0.39 is 12.0 Å². The van der Waals surface area contributed by atoms with Gasteiger partial charge in [-0.25, -0.2) is 4.79 Å².